The molecule has 0 saturated carbocycles. The van der Waals surface area contributed by atoms with E-state index in [0.29, 0.717) is 16.8 Å². The van der Waals surface area contributed by atoms with Crippen LogP contribution in [0, 0.1) is 0 Å². The first-order chi connectivity index (χ1) is 8.74. The van der Waals surface area contributed by atoms with Crippen LogP contribution in [0.1, 0.15) is 19.8 Å². The van der Waals surface area contributed by atoms with Crippen molar-refractivity contribution in [1.82, 2.24) is 9.97 Å². The van der Waals surface area contributed by atoms with Gasteiger partial charge in [-0.25, -0.2) is 10.8 Å². The number of hydrazine groups is 1. The summed E-state index contributed by atoms with van der Waals surface area (Å²) in [6.45, 7) is 4.50. The molecule has 6 nitrogen and oxygen atoms in total. The van der Waals surface area contributed by atoms with Crippen LogP contribution >= 0.6 is 11.6 Å². The Morgan fingerprint density at radius 3 is 3.11 bits per heavy atom. The van der Waals surface area contributed by atoms with Gasteiger partial charge in [0.25, 0.3) is 0 Å². The van der Waals surface area contributed by atoms with E-state index in [9.17, 15) is 0 Å². The van der Waals surface area contributed by atoms with Crippen LogP contribution in [0.15, 0.2) is 6.20 Å². The van der Waals surface area contributed by atoms with Crippen molar-refractivity contribution in [1.29, 1.82) is 0 Å². The molecule has 0 spiro atoms. The molecule has 1 saturated heterocycles. The van der Waals surface area contributed by atoms with Crippen molar-refractivity contribution in [3.63, 3.8) is 0 Å². The van der Waals surface area contributed by atoms with E-state index >= 15 is 0 Å². The van der Waals surface area contributed by atoms with Crippen LogP contribution < -0.4 is 16.2 Å². The Bertz CT molecular complexity index is 397. The van der Waals surface area contributed by atoms with Crippen molar-refractivity contribution >= 4 is 23.4 Å². The minimum Gasteiger partial charge on any atom is -0.376 e. The zero-order chi connectivity index (χ0) is 13.0. The fraction of sp³-hybridized carbons (Fsp3) is 0.636. The molecule has 1 aliphatic heterocycles. The Balaban J connectivity index is 2.14. The molecule has 0 aliphatic carbocycles. The average Bonchev–Trinajstić information content (AvgIpc) is 2.90. The van der Waals surface area contributed by atoms with E-state index in [2.05, 4.69) is 27.2 Å². The standard InChI is InChI=1S/C11H18ClN5O/c1-2-17(7-8-4-3-5-18-8)10-9(12)6-14-11(15-10)16-13/h6,8H,2-5,7,13H2,1H3,(H,14,15,16). The summed E-state index contributed by atoms with van der Waals surface area (Å²) in [7, 11) is 0. The molecule has 2 heterocycles. The van der Waals surface area contributed by atoms with E-state index in [1.54, 1.807) is 6.20 Å². The summed E-state index contributed by atoms with van der Waals surface area (Å²) in [4.78, 5) is 10.3. The number of nitrogens with one attached hydrogen (secondary N) is 1. The maximum Gasteiger partial charge on any atom is 0.239 e. The van der Waals surface area contributed by atoms with Crippen LogP contribution in [0.2, 0.25) is 5.02 Å². The van der Waals surface area contributed by atoms with Crippen LogP contribution in [0.25, 0.3) is 0 Å². The molecule has 1 aromatic rings. The summed E-state index contributed by atoms with van der Waals surface area (Å²) in [6, 6.07) is 0. The second-order valence-electron chi connectivity index (χ2n) is 4.18. The van der Waals surface area contributed by atoms with Gasteiger partial charge in [-0.2, -0.15) is 4.98 Å². The summed E-state index contributed by atoms with van der Waals surface area (Å²) < 4.78 is 5.63. The minimum absolute atomic E-state index is 0.255. The average molecular weight is 272 g/mol. The van der Waals surface area contributed by atoms with Gasteiger partial charge in [0, 0.05) is 19.7 Å². The third kappa shape index (κ3) is 3.01. The molecule has 1 unspecified atom stereocenters. The molecule has 7 heteroatoms. The number of nitrogen functional groups attached to an aromatic ring is 1. The van der Waals surface area contributed by atoms with Crippen LogP contribution in [0.3, 0.4) is 0 Å². The van der Waals surface area contributed by atoms with E-state index < -0.39 is 0 Å². The highest BCUT2D eigenvalue weighted by Crippen LogP contribution is 2.25. The molecular weight excluding hydrogens is 254 g/mol. The fourth-order valence-corrected chi connectivity index (χ4v) is 2.26. The first-order valence-corrected chi connectivity index (χ1v) is 6.48. The number of ether oxygens (including phenoxy) is 1. The lowest BCUT2D eigenvalue weighted by atomic mass is 10.2. The number of hydrogen-bond donors (Lipinski definition) is 2. The van der Waals surface area contributed by atoms with E-state index in [1.165, 1.54) is 0 Å². The number of nitrogens with zero attached hydrogens (tertiary/aromatic N) is 3. The van der Waals surface area contributed by atoms with Crippen molar-refractivity contribution < 1.29 is 4.74 Å². The van der Waals surface area contributed by atoms with E-state index in [1.807, 2.05) is 0 Å². The Kier molecular flexibility index (Phi) is 4.57. The molecule has 2 rings (SSSR count). The Hall–Kier alpha value is -1.11. The van der Waals surface area contributed by atoms with E-state index in [4.69, 9.17) is 22.2 Å². The predicted molar refractivity (Wildman–Crippen MR) is 71.7 cm³/mol. The second-order valence-corrected chi connectivity index (χ2v) is 4.59. The molecule has 0 bridgehead atoms. The second kappa shape index (κ2) is 6.17. The Morgan fingerprint density at radius 2 is 2.50 bits per heavy atom. The third-order valence-corrected chi connectivity index (χ3v) is 3.25. The number of anilines is 2. The molecule has 3 N–H and O–H groups in total. The van der Waals surface area contributed by atoms with Crippen LogP contribution in [0.4, 0.5) is 11.8 Å². The first kappa shape index (κ1) is 13.3. The molecule has 0 aromatic carbocycles. The SMILES string of the molecule is CCN(CC1CCCO1)c1nc(NN)ncc1Cl. The summed E-state index contributed by atoms with van der Waals surface area (Å²) in [5.41, 5.74) is 2.43. The maximum absolute atomic E-state index is 6.14. The number of rotatable bonds is 5. The summed E-state index contributed by atoms with van der Waals surface area (Å²) in [5.74, 6) is 6.37. The van der Waals surface area contributed by atoms with Crippen LogP contribution in [-0.4, -0.2) is 35.8 Å². The molecular formula is C11H18ClN5O. The van der Waals surface area contributed by atoms with Crippen LogP contribution in [-0.2, 0) is 4.74 Å². The van der Waals surface area contributed by atoms with Gasteiger partial charge in [0.2, 0.25) is 5.95 Å². The zero-order valence-corrected chi connectivity index (χ0v) is 11.2. The minimum atomic E-state index is 0.255. The molecule has 100 valence electrons. The number of halogens is 1. The topological polar surface area (TPSA) is 76.3 Å². The lowest BCUT2D eigenvalue weighted by Crippen LogP contribution is -2.33. The van der Waals surface area contributed by atoms with Gasteiger partial charge < -0.3 is 9.64 Å². The molecule has 0 radical (unpaired) electrons. The molecule has 0 amide bonds. The van der Waals surface area contributed by atoms with Crippen molar-refractivity contribution in [2.75, 3.05) is 30.0 Å². The third-order valence-electron chi connectivity index (χ3n) is 2.98. The zero-order valence-electron chi connectivity index (χ0n) is 10.4. The monoisotopic (exact) mass is 271 g/mol. The van der Waals surface area contributed by atoms with Gasteiger partial charge in [-0.05, 0) is 19.8 Å². The van der Waals surface area contributed by atoms with Crippen molar-refractivity contribution in [2.45, 2.75) is 25.9 Å². The molecule has 1 aliphatic rings. The smallest absolute Gasteiger partial charge is 0.239 e. The van der Waals surface area contributed by atoms with Gasteiger partial charge in [0.15, 0.2) is 5.82 Å². The number of nitrogens with two attached hydrogens (primary N) is 1. The van der Waals surface area contributed by atoms with Crippen LogP contribution in [0.5, 0.6) is 0 Å². The fourth-order valence-electron chi connectivity index (χ4n) is 2.05. The highest BCUT2D eigenvalue weighted by atomic mass is 35.5. The summed E-state index contributed by atoms with van der Waals surface area (Å²) in [5, 5.41) is 0.522. The van der Waals surface area contributed by atoms with Gasteiger partial charge in [0.1, 0.15) is 5.02 Å². The molecule has 1 fully saturated rings. The number of aromatic nitrogens is 2. The molecule has 1 aromatic heterocycles. The lowest BCUT2D eigenvalue weighted by molar-refractivity contribution is 0.115. The van der Waals surface area contributed by atoms with Gasteiger partial charge in [0.05, 0.1) is 12.3 Å². The molecule has 18 heavy (non-hydrogen) atoms. The lowest BCUT2D eigenvalue weighted by Gasteiger charge is -2.25. The van der Waals surface area contributed by atoms with E-state index in [0.717, 1.165) is 32.5 Å². The Labute approximate surface area is 111 Å². The highest BCUT2D eigenvalue weighted by molar-refractivity contribution is 6.32. The maximum atomic E-state index is 6.14. The van der Waals surface area contributed by atoms with Gasteiger partial charge in [-0.1, -0.05) is 11.6 Å². The van der Waals surface area contributed by atoms with Crippen molar-refractivity contribution in [2.24, 2.45) is 5.84 Å². The first-order valence-electron chi connectivity index (χ1n) is 6.10. The quantitative estimate of drug-likeness (QED) is 0.623. The highest BCUT2D eigenvalue weighted by Gasteiger charge is 2.21. The summed E-state index contributed by atoms with van der Waals surface area (Å²) in [6.07, 6.45) is 4.01. The number of likely N-dealkylation sites (N-methyl/N-ethyl adjacent to an activating group) is 1. The van der Waals surface area contributed by atoms with Gasteiger partial charge >= 0.3 is 0 Å². The van der Waals surface area contributed by atoms with Crippen molar-refractivity contribution in [3.05, 3.63) is 11.2 Å². The van der Waals surface area contributed by atoms with Gasteiger partial charge in [-0.15, -0.1) is 0 Å². The predicted octanol–water partition coefficient (Wildman–Crippen LogP) is 1.42. The Morgan fingerprint density at radius 1 is 1.67 bits per heavy atom. The van der Waals surface area contributed by atoms with Gasteiger partial charge in [-0.3, -0.25) is 5.43 Å². The number of hydrogen-bond acceptors (Lipinski definition) is 6. The van der Waals surface area contributed by atoms with E-state index in [-0.39, 0.29) is 6.10 Å². The normalized spacial score (nSPS) is 18.9. The van der Waals surface area contributed by atoms with Crippen molar-refractivity contribution in [3.8, 4) is 0 Å². The summed E-state index contributed by atoms with van der Waals surface area (Å²) >= 11 is 6.14. The largest absolute Gasteiger partial charge is 0.376 e. The molecule has 1 atom stereocenters.